The van der Waals surface area contributed by atoms with E-state index in [0.717, 1.165) is 22.6 Å². The van der Waals surface area contributed by atoms with Gasteiger partial charge in [0, 0.05) is 10.6 Å². The third-order valence-electron chi connectivity index (χ3n) is 3.17. The Hall–Kier alpha value is -2.33. The number of rotatable bonds is 4. The van der Waals surface area contributed by atoms with Gasteiger partial charge in [0.2, 0.25) is 0 Å². The second-order valence-electron chi connectivity index (χ2n) is 5.09. The van der Waals surface area contributed by atoms with Crippen LogP contribution in [0, 0.1) is 6.92 Å². The molecule has 0 aliphatic rings. The van der Waals surface area contributed by atoms with E-state index in [2.05, 4.69) is 39.0 Å². The SMILES string of the molecule is CON=C(C)c1ccc(C)cc1.CON=C(C)c1cccc(Cl)c1. The largest absolute Gasteiger partial charge is 0.399 e. The molecule has 128 valence electrons. The summed E-state index contributed by atoms with van der Waals surface area (Å²) < 4.78 is 0. The third-order valence-corrected chi connectivity index (χ3v) is 3.40. The van der Waals surface area contributed by atoms with Gasteiger partial charge in [-0.2, -0.15) is 0 Å². The van der Waals surface area contributed by atoms with Gasteiger partial charge in [-0.05, 0) is 38.5 Å². The summed E-state index contributed by atoms with van der Waals surface area (Å²) in [6.45, 7) is 5.86. The first-order valence-corrected chi connectivity index (χ1v) is 7.84. The molecule has 24 heavy (non-hydrogen) atoms. The first-order chi connectivity index (χ1) is 11.5. The highest BCUT2D eigenvalue weighted by atomic mass is 35.5. The van der Waals surface area contributed by atoms with Gasteiger partial charge >= 0.3 is 0 Å². The topological polar surface area (TPSA) is 43.2 Å². The lowest BCUT2D eigenvalue weighted by Crippen LogP contribution is -1.94. The molecule has 0 spiro atoms. The van der Waals surface area contributed by atoms with Gasteiger partial charge in [0.15, 0.2) is 0 Å². The Kier molecular flexibility index (Phi) is 8.58. The van der Waals surface area contributed by atoms with Gasteiger partial charge in [0.05, 0.1) is 11.4 Å². The number of aryl methyl sites for hydroxylation is 1. The molecular weight excluding hydrogens is 324 g/mol. The van der Waals surface area contributed by atoms with Gasteiger partial charge in [0.1, 0.15) is 14.2 Å². The van der Waals surface area contributed by atoms with Gasteiger partial charge < -0.3 is 9.68 Å². The highest BCUT2D eigenvalue weighted by Crippen LogP contribution is 2.11. The van der Waals surface area contributed by atoms with E-state index in [0.29, 0.717) is 5.02 Å². The first-order valence-electron chi connectivity index (χ1n) is 7.46. The van der Waals surface area contributed by atoms with Crippen molar-refractivity contribution >= 4 is 23.0 Å². The van der Waals surface area contributed by atoms with Crippen molar-refractivity contribution < 1.29 is 9.68 Å². The number of hydrogen-bond donors (Lipinski definition) is 0. The van der Waals surface area contributed by atoms with Crippen LogP contribution in [0.3, 0.4) is 0 Å². The molecule has 0 amide bonds. The summed E-state index contributed by atoms with van der Waals surface area (Å²) in [7, 11) is 3.08. The fourth-order valence-corrected chi connectivity index (χ4v) is 2.08. The lowest BCUT2D eigenvalue weighted by Gasteiger charge is -1.99. The van der Waals surface area contributed by atoms with Crippen LogP contribution in [0.5, 0.6) is 0 Å². The minimum absolute atomic E-state index is 0.707. The molecule has 0 radical (unpaired) electrons. The van der Waals surface area contributed by atoms with Crippen molar-refractivity contribution in [1.82, 2.24) is 0 Å². The molecule has 5 heteroatoms. The third kappa shape index (κ3) is 6.84. The molecule has 0 N–H and O–H groups in total. The lowest BCUT2D eigenvalue weighted by molar-refractivity contribution is 0.213. The second kappa shape index (κ2) is 10.4. The molecule has 2 rings (SSSR count). The van der Waals surface area contributed by atoms with E-state index in [1.165, 1.54) is 12.7 Å². The smallest absolute Gasteiger partial charge is 0.106 e. The van der Waals surface area contributed by atoms with Crippen LogP contribution < -0.4 is 0 Å². The van der Waals surface area contributed by atoms with E-state index in [1.54, 1.807) is 7.11 Å². The second-order valence-corrected chi connectivity index (χ2v) is 5.53. The van der Waals surface area contributed by atoms with E-state index in [1.807, 2.05) is 50.2 Å². The molecule has 0 saturated heterocycles. The summed E-state index contributed by atoms with van der Waals surface area (Å²) in [6.07, 6.45) is 0. The van der Waals surface area contributed by atoms with Crippen LogP contribution in [0.1, 0.15) is 30.5 Å². The number of benzene rings is 2. The summed E-state index contributed by atoms with van der Waals surface area (Å²) in [4.78, 5) is 9.32. The molecule has 0 atom stereocenters. The van der Waals surface area contributed by atoms with E-state index < -0.39 is 0 Å². The van der Waals surface area contributed by atoms with Crippen LogP contribution >= 0.6 is 11.6 Å². The number of nitrogens with zero attached hydrogens (tertiary/aromatic N) is 2. The Morgan fingerprint density at radius 3 is 1.88 bits per heavy atom. The molecule has 4 nitrogen and oxygen atoms in total. The Morgan fingerprint density at radius 2 is 1.38 bits per heavy atom. The maximum atomic E-state index is 5.79. The van der Waals surface area contributed by atoms with Crippen molar-refractivity contribution in [3.8, 4) is 0 Å². The van der Waals surface area contributed by atoms with E-state index in [9.17, 15) is 0 Å². The molecule has 0 saturated carbocycles. The van der Waals surface area contributed by atoms with Gasteiger partial charge in [-0.15, -0.1) is 0 Å². The molecular formula is C19H23ClN2O2. The Morgan fingerprint density at radius 1 is 0.833 bits per heavy atom. The van der Waals surface area contributed by atoms with Crippen molar-refractivity contribution in [2.24, 2.45) is 10.3 Å². The van der Waals surface area contributed by atoms with Gasteiger partial charge in [-0.1, -0.05) is 63.9 Å². The molecule has 2 aromatic carbocycles. The molecule has 0 bridgehead atoms. The van der Waals surface area contributed by atoms with Crippen molar-refractivity contribution in [2.45, 2.75) is 20.8 Å². The van der Waals surface area contributed by atoms with E-state index in [4.69, 9.17) is 11.6 Å². The van der Waals surface area contributed by atoms with Gasteiger partial charge in [-0.25, -0.2) is 0 Å². The van der Waals surface area contributed by atoms with Crippen LogP contribution in [0.4, 0.5) is 0 Å². The Balaban J connectivity index is 0.000000240. The first kappa shape index (κ1) is 19.7. The standard InChI is InChI=1S/C10H13NO.C9H10ClNO/c1-8-4-6-10(7-5-8)9(2)11-12-3;1-7(11-12-2)8-4-3-5-9(10)6-8/h4-7H,1-3H3;3-6H,1-2H3. The van der Waals surface area contributed by atoms with E-state index in [-0.39, 0.29) is 0 Å². The van der Waals surface area contributed by atoms with Gasteiger partial charge in [0.25, 0.3) is 0 Å². The zero-order valence-electron chi connectivity index (χ0n) is 14.7. The quantitative estimate of drug-likeness (QED) is 0.572. The maximum Gasteiger partial charge on any atom is 0.106 e. The maximum absolute atomic E-state index is 5.79. The highest BCUT2D eigenvalue weighted by molar-refractivity contribution is 6.31. The number of halogens is 1. The van der Waals surface area contributed by atoms with Gasteiger partial charge in [-0.3, -0.25) is 0 Å². The zero-order valence-corrected chi connectivity index (χ0v) is 15.5. The summed E-state index contributed by atoms with van der Waals surface area (Å²) >= 11 is 5.79. The minimum Gasteiger partial charge on any atom is -0.399 e. The fourth-order valence-electron chi connectivity index (χ4n) is 1.89. The molecule has 0 aliphatic carbocycles. The van der Waals surface area contributed by atoms with Crippen molar-refractivity contribution in [3.05, 3.63) is 70.2 Å². The summed E-state index contributed by atoms with van der Waals surface area (Å²) in [5.74, 6) is 0. The van der Waals surface area contributed by atoms with Crippen LogP contribution in [0.15, 0.2) is 58.8 Å². The van der Waals surface area contributed by atoms with Crippen LogP contribution in [0.2, 0.25) is 5.02 Å². The molecule has 0 aromatic heterocycles. The normalized spacial score (nSPS) is 11.4. The Bertz CT molecular complexity index is 695. The Labute approximate surface area is 148 Å². The molecule has 0 fully saturated rings. The molecule has 0 heterocycles. The van der Waals surface area contributed by atoms with E-state index >= 15 is 0 Å². The highest BCUT2D eigenvalue weighted by Gasteiger charge is 1.97. The predicted molar refractivity (Wildman–Crippen MR) is 101 cm³/mol. The average molecular weight is 347 g/mol. The number of hydrogen-bond acceptors (Lipinski definition) is 4. The fraction of sp³-hybridized carbons (Fsp3) is 0.263. The zero-order chi connectivity index (χ0) is 17.9. The number of oxime groups is 2. The van der Waals surface area contributed by atoms with Crippen molar-refractivity contribution in [2.75, 3.05) is 14.2 Å². The van der Waals surface area contributed by atoms with Crippen LogP contribution in [-0.2, 0) is 9.68 Å². The summed E-state index contributed by atoms with van der Waals surface area (Å²) in [5, 5.41) is 8.34. The molecule has 2 aromatic rings. The monoisotopic (exact) mass is 346 g/mol. The predicted octanol–water partition coefficient (Wildman–Crippen LogP) is 5.08. The average Bonchev–Trinajstić information content (AvgIpc) is 2.56. The van der Waals surface area contributed by atoms with Crippen molar-refractivity contribution in [3.63, 3.8) is 0 Å². The molecule has 0 aliphatic heterocycles. The summed E-state index contributed by atoms with van der Waals surface area (Å²) in [5.41, 5.74) is 5.05. The lowest BCUT2D eigenvalue weighted by atomic mass is 10.1. The summed E-state index contributed by atoms with van der Waals surface area (Å²) in [6, 6.07) is 15.7. The van der Waals surface area contributed by atoms with Crippen LogP contribution in [0.25, 0.3) is 0 Å². The van der Waals surface area contributed by atoms with Crippen molar-refractivity contribution in [1.29, 1.82) is 0 Å². The molecule has 0 unspecified atom stereocenters. The van der Waals surface area contributed by atoms with Crippen LogP contribution in [-0.4, -0.2) is 25.6 Å². The minimum atomic E-state index is 0.707.